The van der Waals surface area contributed by atoms with E-state index in [-0.39, 0.29) is 17.7 Å². The normalized spacial score (nSPS) is 22.7. The number of alkyl halides is 3. The van der Waals surface area contributed by atoms with Crippen LogP contribution in [0.2, 0.25) is 0 Å². The van der Waals surface area contributed by atoms with Gasteiger partial charge in [0.25, 0.3) is 0 Å². The van der Waals surface area contributed by atoms with Gasteiger partial charge in [0.1, 0.15) is 5.82 Å². The molecule has 2 aliphatic heterocycles. The van der Waals surface area contributed by atoms with Gasteiger partial charge in [-0.2, -0.15) is 13.2 Å². The van der Waals surface area contributed by atoms with Gasteiger partial charge in [0.15, 0.2) is 0 Å². The molecule has 206 valence electrons. The molecular weight excluding hydrogens is 506 g/mol. The van der Waals surface area contributed by atoms with Crippen LogP contribution < -0.4 is 5.46 Å². The number of carbonyl (C=O) groups excluding carboxylic acids is 1. The van der Waals surface area contributed by atoms with Crippen LogP contribution in [0.1, 0.15) is 52.5 Å². The van der Waals surface area contributed by atoms with Crippen molar-refractivity contribution in [2.75, 3.05) is 13.1 Å². The number of benzene rings is 2. The Labute approximate surface area is 226 Å². The van der Waals surface area contributed by atoms with E-state index >= 15 is 0 Å². The summed E-state index contributed by atoms with van der Waals surface area (Å²) in [7, 11) is -0.509. The van der Waals surface area contributed by atoms with Gasteiger partial charge in [-0.05, 0) is 76.5 Å². The van der Waals surface area contributed by atoms with E-state index in [0.717, 1.165) is 49.0 Å². The number of likely N-dealkylation sites (tertiary alicyclic amines) is 1. The average Bonchev–Trinajstić information content (AvgIpc) is 3.44. The second kappa shape index (κ2) is 9.09. The molecule has 3 heterocycles. The van der Waals surface area contributed by atoms with Gasteiger partial charge >= 0.3 is 13.3 Å². The van der Waals surface area contributed by atoms with Crippen LogP contribution in [-0.2, 0) is 26.8 Å². The molecule has 2 aromatic carbocycles. The van der Waals surface area contributed by atoms with Crippen LogP contribution in [0, 0.1) is 11.8 Å². The zero-order chi connectivity index (χ0) is 27.7. The first-order valence-electron chi connectivity index (χ1n) is 13.6. The Hall–Kier alpha value is -2.85. The summed E-state index contributed by atoms with van der Waals surface area (Å²) in [5, 5.41) is 0. The van der Waals surface area contributed by atoms with Crippen LogP contribution in [0.4, 0.5) is 13.2 Å². The summed E-state index contributed by atoms with van der Waals surface area (Å²) < 4.78 is 54.8. The smallest absolute Gasteiger partial charge is 0.399 e. The van der Waals surface area contributed by atoms with Crippen molar-refractivity contribution < 1.29 is 27.3 Å². The van der Waals surface area contributed by atoms with Crippen LogP contribution >= 0.6 is 0 Å². The molecule has 3 aromatic rings. The molecule has 10 heteroatoms. The molecule has 39 heavy (non-hydrogen) atoms. The summed E-state index contributed by atoms with van der Waals surface area (Å²) in [6.45, 7) is 9.97. The maximum absolute atomic E-state index is 13.5. The molecule has 3 aliphatic rings. The molecule has 0 radical (unpaired) electrons. The lowest BCUT2D eigenvalue weighted by atomic mass is 9.79. The van der Waals surface area contributed by atoms with E-state index in [9.17, 15) is 18.0 Å². The number of halogens is 3. The van der Waals surface area contributed by atoms with Crippen LogP contribution in [0.5, 0.6) is 0 Å². The molecule has 6 nitrogen and oxygen atoms in total. The van der Waals surface area contributed by atoms with Crippen molar-refractivity contribution in [2.45, 2.75) is 70.9 Å². The zero-order valence-corrected chi connectivity index (χ0v) is 22.7. The summed E-state index contributed by atoms with van der Waals surface area (Å²) in [5.74, 6) is 1.23. The van der Waals surface area contributed by atoms with E-state index < -0.39 is 30.1 Å². The van der Waals surface area contributed by atoms with Gasteiger partial charge in [0.05, 0.1) is 27.8 Å². The van der Waals surface area contributed by atoms with Crippen molar-refractivity contribution in [3.63, 3.8) is 0 Å². The molecule has 3 fully saturated rings. The summed E-state index contributed by atoms with van der Waals surface area (Å²) in [6, 6.07) is 11.4. The number of hydrogen-bond donors (Lipinski definition) is 0. The molecule has 1 aliphatic carbocycles. The highest BCUT2D eigenvalue weighted by molar-refractivity contribution is 6.62. The first-order valence-corrected chi connectivity index (χ1v) is 13.6. The number of imidazole rings is 1. The SMILES string of the molecule is CC1(C)OB(c2ccc(-c3nc4cc(C(F)(F)F)ccc4n3C[C@H]3CCN(C(=O)C4CC4)C3)cc2)OC1(C)C. The van der Waals surface area contributed by atoms with Crippen LogP contribution in [0.3, 0.4) is 0 Å². The Morgan fingerprint density at radius 1 is 1.03 bits per heavy atom. The maximum Gasteiger partial charge on any atom is 0.494 e. The summed E-state index contributed by atoms with van der Waals surface area (Å²) >= 11 is 0. The van der Waals surface area contributed by atoms with Crippen LogP contribution in [0.25, 0.3) is 22.4 Å². The Morgan fingerprint density at radius 2 is 1.69 bits per heavy atom. The van der Waals surface area contributed by atoms with Crippen molar-refractivity contribution in [2.24, 2.45) is 11.8 Å². The minimum Gasteiger partial charge on any atom is -0.399 e. The minimum atomic E-state index is -4.45. The molecule has 1 amide bonds. The van der Waals surface area contributed by atoms with Crippen molar-refractivity contribution in [3.05, 3.63) is 48.0 Å². The number of aromatic nitrogens is 2. The second-order valence-corrected chi connectivity index (χ2v) is 12.2. The van der Waals surface area contributed by atoms with E-state index in [2.05, 4.69) is 4.98 Å². The number of nitrogens with zero attached hydrogens (tertiary/aromatic N) is 3. The molecule has 1 atom stereocenters. The van der Waals surface area contributed by atoms with E-state index in [1.807, 2.05) is 61.4 Å². The maximum atomic E-state index is 13.5. The Balaban J connectivity index is 1.32. The fraction of sp³-hybridized carbons (Fsp3) is 0.517. The van der Waals surface area contributed by atoms with Gasteiger partial charge in [0.2, 0.25) is 5.91 Å². The standard InChI is InChI=1S/C29H33BF3N3O3/c1-27(2)28(3,4)39-30(38-27)22-10-7-19(8-11-22)25-34-23-15-21(29(31,32)33)9-12-24(23)36(25)17-18-13-14-35(16-18)26(37)20-5-6-20/h7-12,15,18,20H,5-6,13-14,16-17H2,1-4H3/t18-/m0/s1. The third-order valence-electron chi connectivity index (χ3n) is 8.73. The molecule has 0 N–H and O–H groups in total. The van der Waals surface area contributed by atoms with E-state index in [1.165, 1.54) is 6.07 Å². The molecule has 0 bridgehead atoms. The van der Waals surface area contributed by atoms with Gasteiger partial charge in [-0.3, -0.25) is 4.79 Å². The predicted octanol–water partition coefficient (Wildman–Crippen LogP) is 5.28. The third kappa shape index (κ3) is 4.86. The number of fused-ring (bicyclic) bond motifs is 1. The van der Waals surface area contributed by atoms with E-state index in [1.54, 1.807) is 0 Å². The highest BCUT2D eigenvalue weighted by Crippen LogP contribution is 2.38. The van der Waals surface area contributed by atoms with Gasteiger partial charge < -0.3 is 18.8 Å². The predicted molar refractivity (Wildman–Crippen MR) is 143 cm³/mol. The number of carbonyl (C=O) groups is 1. The van der Waals surface area contributed by atoms with Crippen LogP contribution in [0.15, 0.2) is 42.5 Å². The molecule has 1 aromatic heterocycles. The first kappa shape index (κ1) is 26.4. The topological polar surface area (TPSA) is 56.6 Å². The minimum absolute atomic E-state index is 0.177. The lowest BCUT2D eigenvalue weighted by molar-refractivity contribution is -0.137. The molecular formula is C29H33BF3N3O3. The van der Waals surface area contributed by atoms with Crippen molar-refractivity contribution in [3.8, 4) is 11.4 Å². The zero-order valence-electron chi connectivity index (χ0n) is 22.7. The molecule has 0 spiro atoms. The number of amides is 1. The Bertz CT molecular complexity index is 1400. The molecule has 2 saturated heterocycles. The Morgan fingerprint density at radius 3 is 2.31 bits per heavy atom. The summed E-state index contributed by atoms with van der Waals surface area (Å²) in [4.78, 5) is 19.2. The van der Waals surface area contributed by atoms with Gasteiger partial charge in [-0.25, -0.2) is 4.98 Å². The quantitative estimate of drug-likeness (QED) is 0.414. The fourth-order valence-corrected chi connectivity index (χ4v) is 5.51. The number of hydrogen-bond acceptors (Lipinski definition) is 4. The molecule has 1 saturated carbocycles. The largest absolute Gasteiger partial charge is 0.494 e. The van der Waals surface area contributed by atoms with E-state index in [0.29, 0.717) is 29.9 Å². The second-order valence-electron chi connectivity index (χ2n) is 12.2. The molecule has 6 rings (SSSR count). The lowest BCUT2D eigenvalue weighted by Gasteiger charge is -2.32. The first-order chi connectivity index (χ1) is 18.3. The van der Waals surface area contributed by atoms with Crippen molar-refractivity contribution in [1.82, 2.24) is 14.5 Å². The monoisotopic (exact) mass is 539 g/mol. The van der Waals surface area contributed by atoms with E-state index in [4.69, 9.17) is 9.31 Å². The average molecular weight is 539 g/mol. The van der Waals surface area contributed by atoms with Crippen molar-refractivity contribution in [1.29, 1.82) is 0 Å². The van der Waals surface area contributed by atoms with Gasteiger partial charge in [-0.15, -0.1) is 0 Å². The summed E-state index contributed by atoms with van der Waals surface area (Å²) in [6.07, 6.45) is -1.64. The molecule has 0 unspecified atom stereocenters. The van der Waals surface area contributed by atoms with Crippen molar-refractivity contribution >= 4 is 29.5 Å². The lowest BCUT2D eigenvalue weighted by Crippen LogP contribution is -2.41. The third-order valence-corrected chi connectivity index (χ3v) is 8.73. The number of rotatable bonds is 5. The highest BCUT2D eigenvalue weighted by Gasteiger charge is 2.51. The summed E-state index contributed by atoms with van der Waals surface area (Å²) in [5.41, 5.74) is 0.976. The fourth-order valence-electron chi connectivity index (χ4n) is 5.51. The highest BCUT2D eigenvalue weighted by atomic mass is 19.4. The van der Waals surface area contributed by atoms with Gasteiger partial charge in [-0.1, -0.05) is 24.3 Å². The Kier molecular flexibility index (Phi) is 6.15. The van der Waals surface area contributed by atoms with Crippen LogP contribution in [-0.4, -0.2) is 51.8 Å². The van der Waals surface area contributed by atoms with Gasteiger partial charge in [0, 0.05) is 31.1 Å².